The molecule has 2 heterocycles. The third-order valence-electron chi connectivity index (χ3n) is 3.98. The van der Waals surface area contributed by atoms with E-state index in [1.165, 1.54) is 6.26 Å². The maximum atomic E-state index is 11.2. The van der Waals surface area contributed by atoms with E-state index in [9.17, 15) is 8.42 Å². The van der Waals surface area contributed by atoms with Crippen molar-refractivity contribution < 1.29 is 12.8 Å². The fourth-order valence-electron chi connectivity index (χ4n) is 2.60. The highest BCUT2D eigenvalue weighted by Gasteiger charge is 2.26. The summed E-state index contributed by atoms with van der Waals surface area (Å²) in [6, 6.07) is 0.432. The molecule has 1 aliphatic heterocycles. The first-order chi connectivity index (χ1) is 9.87. The molecule has 0 saturated carbocycles. The van der Waals surface area contributed by atoms with Crippen LogP contribution in [0.4, 0.5) is 0 Å². The van der Waals surface area contributed by atoms with Crippen molar-refractivity contribution in [3.8, 4) is 0 Å². The Morgan fingerprint density at radius 1 is 1.52 bits per heavy atom. The average molecular weight is 315 g/mol. The van der Waals surface area contributed by atoms with Crippen LogP contribution in [0.3, 0.4) is 0 Å². The molecule has 0 bridgehead atoms. The topological polar surface area (TPSA) is 66.7 Å². The molecule has 0 radical (unpaired) electrons. The Morgan fingerprint density at radius 2 is 2.29 bits per heavy atom. The van der Waals surface area contributed by atoms with Crippen molar-refractivity contribution in [2.45, 2.75) is 32.4 Å². The van der Waals surface area contributed by atoms with Gasteiger partial charge in [0, 0.05) is 31.8 Å². The minimum Gasteiger partial charge on any atom is -0.444 e. The minimum absolute atomic E-state index is 0.239. The van der Waals surface area contributed by atoms with Gasteiger partial charge in [-0.15, -0.1) is 0 Å². The molecule has 0 aliphatic carbocycles. The van der Waals surface area contributed by atoms with Gasteiger partial charge in [0.05, 0.1) is 18.5 Å². The van der Waals surface area contributed by atoms with Gasteiger partial charge in [-0.2, -0.15) is 0 Å². The van der Waals surface area contributed by atoms with Crippen LogP contribution in [0, 0.1) is 0 Å². The number of oxazole rings is 1. The molecule has 7 heteroatoms. The van der Waals surface area contributed by atoms with Gasteiger partial charge in [0.1, 0.15) is 15.6 Å². The highest BCUT2D eigenvalue weighted by molar-refractivity contribution is 7.90. The van der Waals surface area contributed by atoms with Crippen molar-refractivity contribution >= 4 is 9.84 Å². The average Bonchev–Trinajstić information content (AvgIpc) is 3.04. The van der Waals surface area contributed by atoms with Crippen molar-refractivity contribution in [1.82, 2.24) is 14.8 Å². The molecule has 21 heavy (non-hydrogen) atoms. The molecule has 1 aliphatic rings. The summed E-state index contributed by atoms with van der Waals surface area (Å²) in [7, 11) is -0.808. The van der Waals surface area contributed by atoms with Crippen molar-refractivity contribution in [3.63, 3.8) is 0 Å². The fourth-order valence-corrected chi connectivity index (χ4v) is 3.19. The number of nitrogens with zero attached hydrogens (tertiary/aromatic N) is 3. The van der Waals surface area contributed by atoms with Crippen molar-refractivity contribution in [3.05, 3.63) is 17.8 Å². The summed E-state index contributed by atoms with van der Waals surface area (Å²) in [6.45, 7) is 5.24. The fraction of sp³-hybridized carbons (Fsp3) is 0.786. The molecule has 1 atom stereocenters. The highest BCUT2D eigenvalue weighted by Crippen LogP contribution is 2.17. The van der Waals surface area contributed by atoms with Crippen LogP contribution in [-0.4, -0.2) is 67.9 Å². The summed E-state index contributed by atoms with van der Waals surface area (Å²) < 4.78 is 28.1. The van der Waals surface area contributed by atoms with Gasteiger partial charge >= 0.3 is 0 Å². The Hall–Kier alpha value is -0.920. The maximum Gasteiger partial charge on any atom is 0.208 e. The van der Waals surface area contributed by atoms with Crippen LogP contribution in [-0.2, 0) is 22.8 Å². The monoisotopic (exact) mass is 315 g/mol. The molecule has 1 aromatic heterocycles. The number of likely N-dealkylation sites (N-methyl/N-ethyl adjacent to an activating group) is 1. The number of aryl methyl sites for hydroxylation is 1. The molecule has 120 valence electrons. The number of hydrogen-bond donors (Lipinski definition) is 0. The number of aromatic nitrogens is 1. The van der Waals surface area contributed by atoms with E-state index in [1.54, 1.807) is 6.20 Å². The Labute approximate surface area is 127 Å². The van der Waals surface area contributed by atoms with E-state index in [4.69, 9.17) is 4.42 Å². The van der Waals surface area contributed by atoms with Gasteiger partial charge in [-0.1, -0.05) is 6.92 Å². The second kappa shape index (κ2) is 6.89. The minimum atomic E-state index is -2.88. The van der Waals surface area contributed by atoms with Crippen molar-refractivity contribution in [2.24, 2.45) is 0 Å². The first-order valence-corrected chi connectivity index (χ1v) is 9.47. The Kier molecular flexibility index (Phi) is 5.40. The summed E-state index contributed by atoms with van der Waals surface area (Å²) in [4.78, 5) is 8.74. The lowest BCUT2D eigenvalue weighted by molar-refractivity contribution is 0.207. The lowest BCUT2D eigenvalue weighted by Crippen LogP contribution is -2.35. The van der Waals surface area contributed by atoms with E-state index < -0.39 is 9.84 Å². The highest BCUT2D eigenvalue weighted by atomic mass is 32.2. The molecule has 0 N–H and O–H groups in total. The normalized spacial score (nSPS) is 20.5. The van der Waals surface area contributed by atoms with E-state index in [2.05, 4.69) is 21.8 Å². The zero-order valence-corrected chi connectivity index (χ0v) is 13.9. The molecule has 1 fully saturated rings. The zero-order chi connectivity index (χ0) is 15.5. The molecule has 2 rings (SSSR count). The summed E-state index contributed by atoms with van der Waals surface area (Å²) in [5, 5.41) is 0. The Bertz CT molecular complexity index is 556. The first-order valence-electron chi connectivity index (χ1n) is 7.41. The van der Waals surface area contributed by atoms with E-state index in [0.717, 1.165) is 37.6 Å². The lowest BCUT2D eigenvalue weighted by Gasteiger charge is -2.23. The first kappa shape index (κ1) is 16.5. The van der Waals surface area contributed by atoms with E-state index in [1.807, 2.05) is 6.92 Å². The largest absolute Gasteiger partial charge is 0.444 e. The molecule has 1 aromatic rings. The van der Waals surface area contributed by atoms with Gasteiger partial charge in [-0.25, -0.2) is 13.4 Å². The van der Waals surface area contributed by atoms with Crippen LogP contribution in [0.5, 0.6) is 0 Å². The third kappa shape index (κ3) is 5.09. The lowest BCUT2D eigenvalue weighted by atomic mass is 10.2. The molecular weight excluding hydrogens is 290 g/mol. The summed E-state index contributed by atoms with van der Waals surface area (Å²) >= 11 is 0. The molecular formula is C14H25N3O3S. The van der Waals surface area contributed by atoms with Crippen molar-refractivity contribution in [1.29, 1.82) is 0 Å². The summed E-state index contributed by atoms with van der Waals surface area (Å²) in [5.41, 5.74) is 0. The SMILES string of the molecule is CCc1cnc(CN(C)[C@@H]2CCN(CCS(C)(=O)=O)C2)o1. The van der Waals surface area contributed by atoms with Crippen LogP contribution in [0.15, 0.2) is 10.6 Å². The molecule has 6 nitrogen and oxygen atoms in total. The predicted octanol–water partition coefficient (Wildman–Crippen LogP) is 0.788. The predicted molar refractivity (Wildman–Crippen MR) is 81.9 cm³/mol. The Morgan fingerprint density at radius 3 is 2.90 bits per heavy atom. The summed E-state index contributed by atoms with van der Waals surface area (Å²) in [6.07, 6.45) is 5.00. The van der Waals surface area contributed by atoms with E-state index in [0.29, 0.717) is 19.1 Å². The Balaban J connectivity index is 1.80. The van der Waals surface area contributed by atoms with Crippen LogP contribution in [0.1, 0.15) is 25.0 Å². The van der Waals surface area contributed by atoms with Crippen molar-refractivity contribution in [2.75, 3.05) is 38.7 Å². The molecule has 1 saturated heterocycles. The van der Waals surface area contributed by atoms with Gasteiger partial charge in [0.2, 0.25) is 5.89 Å². The summed E-state index contributed by atoms with van der Waals surface area (Å²) in [5.74, 6) is 1.91. The van der Waals surface area contributed by atoms with Crippen LogP contribution >= 0.6 is 0 Å². The molecule has 0 amide bonds. The van der Waals surface area contributed by atoms with Crippen LogP contribution in [0.2, 0.25) is 0 Å². The van der Waals surface area contributed by atoms with Crippen LogP contribution in [0.25, 0.3) is 0 Å². The van der Waals surface area contributed by atoms with E-state index in [-0.39, 0.29) is 5.75 Å². The quantitative estimate of drug-likeness (QED) is 0.741. The van der Waals surface area contributed by atoms with Gasteiger partial charge in [0.25, 0.3) is 0 Å². The molecule has 0 aromatic carbocycles. The maximum absolute atomic E-state index is 11.2. The number of sulfone groups is 1. The van der Waals surface area contributed by atoms with Gasteiger partial charge in [0.15, 0.2) is 0 Å². The van der Waals surface area contributed by atoms with E-state index >= 15 is 0 Å². The second-order valence-corrected chi connectivity index (χ2v) is 8.12. The van der Waals surface area contributed by atoms with Gasteiger partial charge in [-0.05, 0) is 20.0 Å². The molecule has 0 unspecified atom stereocenters. The third-order valence-corrected chi connectivity index (χ3v) is 4.91. The smallest absolute Gasteiger partial charge is 0.208 e. The standard InChI is InChI=1S/C14H25N3O3S/c1-4-13-9-15-14(20-13)11-16(2)12-5-6-17(10-12)7-8-21(3,18)19/h9,12H,4-8,10-11H2,1-3H3/t12-/m1/s1. The number of rotatable bonds is 7. The number of likely N-dealkylation sites (tertiary alicyclic amines) is 1. The zero-order valence-electron chi connectivity index (χ0n) is 13.1. The van der Waals surface area contributed by atoms with Gasteiger partial charge < -0.3 is 9.32 Å². The van der Waals surface area contributed by atoms with Crippen LogP contribution < -0.4 is 0 Å². The molecule has 0 spiro atoms. The second-order valence-electron chi connectivity index (χ2n) is 5.86. The van der Waals surface area contributed by atoms with Gasteiger partial charge in [-0.3, -0.25) is 4.90 Å². The number of hydrogen-bond acceptors (Lipinski definition) is 6.